The fourth-order valence-electron chi connectivity index (χ4n) is 2.20. The first-order valence-electron chi connectivity index (χ1n) is 6.32. The quantitative estimate of drug-likeness (QED) is 0.916. The normalized spacial score (nSPS) is 16.4. The van der Waals surface area contributed by atoms with Crippen LogP contribution in [0.5, 0.6) is 0 Å². The fraction of sp³-hybridized carbons (Fsp3) is 0.500. The van der Waals surface area contributed by atoms with E-state index in [2.05, 4.69) is 11.0 Å². The molecule has 0 aromatic heterocycles. The molecule has 0 radical (unpaired) electrons. The molecule has 6 heteroatoms. The lowest BCUT2D eigenvalue weighted by Gasteiger charge is -2.29. The summed E-state index contributed by atoms with van der Waals surface area (Å²) in [5, 5.41) is 8.73. The van der Waals surface area contributed by atoms with Gasteiger partial charge in [0.1, 0.15) is 0 Å². The molecule has 1 aliphatic heterocycles. The summed E-state index contributed by atoms with van der Waals surface area (Å²) < 4.78 is 5.31. The van der Waals surface area contributed by atoms with Crippen LogP contribution in [0.25, 0.3) is 0 Å². The van der Waals surface area contributed by atoms with E-state index in [1.165, 1.54) is 5.56 Å². The zero-order valence-corrected chi connectivity index (χ0v) is 13.0. The van der Waals surface area contributed by atoms with Crippen LogP contribution in [0.4, 0.5) is 0 Å². The minimum atomic E-state index is 0. The van der Waals surface area contributed by atoms with E-state index in [4.69, 9.17) is 15.7 Å². The third kappa shape index (κ3) is 6.08. The summed E-state index contributed by atoms with van der Waals surface area (Å²) in [6.07, 6.45) is 0.850. The Morgan fingerprint density at radius 3 is 2.35 bits per heavy atom. The maximum Gasteiger partial charge on any atom is 0.0991 e. The smallest absolute Gasteiger partial charge is 0.0991 e. The number of rotatable bonds is 4. The molecule has 0 bridgehead atoms. The lowest BCUT2D eigenvalue weighted by Crippen LogP contribution is -2.44. The van der Waals surface area contributed by atoms with Gasteiger partial charge in [-0.15, -0.1) is 24.8 Å². The van der Waals surface area contributed by atoms with Crippen LogP contribution < -0.4 is 5.73 Å². The highest BCUT2D eigenvalue weighted by molar-refractivity contribution is 5.85. The number of halogens is 2. The van der Waals surface area contributed by atoms with Crippen molar-refractivity contribution in [2.75, 3.05) is 32.8 Å². The van der Waals surface area contributed by atoms with Crippen LogP contribution in [0.2, 0.25) is 0 Å². The highest BCUT2D eigenvalue weighted by Gasteiger charge is 2.14. The number of nitrogens with zero attached hydrogens (tertiary/aromatic N) is 2. The van der Waals surface area contributed by atoms with Crippen LogP contribution >= 0.6 is 24.8 Å². The van der Waals surface area contributed by atoms with Crippen molar-refractivity contribution in [2.24, 2.45) is 5.73 Å². The molecule has 0 saturated carbocycles. The number of nitriles is 1. The van der Waals surface area contributed by atoms with E-state index in [0.29, 0.717) is 5.56 Å². The molecule has 1 aliphatic rings. The van der Waals surface area contributed by atoms with Crippen molar-refractivity contribution in [1.82, 2.24) is 4.90 Å². The Morgan fingerprint density at radius 2 is 1.80 bits per heavy atom. The van der Waals surface area contributed by atoms with Crippen molar-refractivity contribution in [3.05, 3.63) is 35.4 Å². The molecule has 2 rings (SSSR count). The number of ether oxygens (including phenoxy) is 1. The van der Waals surface area contributed by atoms with Crippen molar-refractivity contribution < 1.29 is 4.74 Å². The molecule has 1 unspecified atom stereocenters. The zero-order valence-electron chi connectivity index (χ0n) is 11.3. The molecule has 1 fully saturated rings. The van der Waals surface area contributed by atoms with Gasteiger partial charge in [-0.1, -0.05) is 12.1 Å². The maximum atomic E-state index is 8.73. The van der Waals surface area contributed by atoms with E-state index in [-0.39, 0.29) is 30.9 Å². The fourth-order valence-corrected chi connectivity index (χ4v) is 2.20. The molecule has 1 atom stereocenters. The van der Waals surface area contributed by atoms with Crippen LogP contribution in [0, 0.1) is 11.3 Å². The van der Waals surface area contributed by atoms with Crippen molar-refractivity contribution in [3.8, 4) is 6.07 Å². The highest BCUT2D eigenvalue weighted by Crippen LogP contribution is 2.07. The zero-order chi connectivity index (χ0) is 12.8. The van der Waals surface area contributed by atoms with Crippen molar-refractivity contribution >= 4 is 24.8 Å². The first-order chi connectivity index (χ1) is 8.78. The average molecular weight is 318 g/mol. The van der Waals surface area contributed by atoms with Gasteiger partial charge in [-0.3, -0.25) is 4.90 Å². The second-order valence-electron chi connectivity index (χ2n) is 4.69. The number of nitrogens with two attached hydrogens (primary N) is 1. The standard InChI is InChI=1S/C14H19N3O.2ClH/c15-10-13-3-1-12(2-4-13)9-14(16)11-17-5-7-18-8-6-17;;/h1-4,14H,5-9,11,16H2;2*1H. The van der Waals surface area contributed by atoms with Crippen molar-refractivity contribution in [3.63, 3.8) is 0 Å². The van der Waals surface area contributed by atoms with Gasteiger partial charge in [-0.25, -0.2) is 0 Å². The Balaban J connectivity index is 0.00000180. The first-order valence-corrected chi connectivity index (χ1v) is 6.32. The van der Waals surface area contributed by atoms with Gasteiger partial charge in [-0.05, 0) is 24.1 Å². The Bertz CT molecular complexity index is 413. The molecular formula is C14H21Cl2N3O. The van der Waals surface area contributed by atoms with Gasteiger partial charge in [0.15, 0.2) is 0 Å². The summed E-state index contributed by atoms with van der Waals surface area (Å²) in [4.78, 5) is 2.35. The molecule has 1 aromatic carbocycles. The lowest BCUT2D eigenvalue weighted by molar-refractivity contribution is 0.0353. The Labute approximate surface area is 132 Å². The van der Waals surface area contributed by atoms with E-state index >= 15 is 0 Å². The molecule has 4 nitrogen and oxygen atoms in total. The number of benzene rings is 1. The molecule has 20 heavy (non-hydrogen) atoms. The largest absolute Gasteiger partial charge is 0.379 e. The van der Waals surface area contributed by atoms with Gasteiger partial charge in [0.25, 0.3) is 0 Å². The molecular weight excluding hydrogens is 297 g/mol. The molecule has 0 amide bonds. The Hall–Kier alpha value is -0.830. The molecule has 0 aliphatic carbocycles. The van der Waals surface area contributed by atoms with Crippen molar-refractivity contribution in [2.45, 2.75) is 12.5 Å². The van der Waals surface area contributed by atoms with Crippen LogP contribution in [-0.2, 0) is 11.2 Å². The second kappa shape index (κ2) is 9.98. The summed E-state index contributed by atoms with van der Waals surface area (Å²) in [6.45, 7) is 4.47. The van der Waals surface area contributed by atoms with Crippen LogP contribution in [-0.4, -0.2) is 43.8 Å². The van der Waals surface area contributed by atoms with E-state index < -0.39 is 0 Å². The third-order valence-corrected chi connectivity index (χ3v) is 3.18. The molecule has 1 aromatic rings. The number of hydrogen-bond donors (Lipinski definition) is 1. The molecule has 1 saturated heterocycles. The van der Waals surface area contributed by atoms with Gasteiger partial charge in [-0.2, -0.15) is 5.26 Å². The molecule has 1 heterocycles. The monoisotopic (exact) mass is 317 g/mol. The van der Waals surface area contributed by atoms with Crippen molar-refractivity contribution in [1.29, 1.82) is 5.26 Å². The summed E-state index contributed by atoms with van der Waals surface area (Å²) >= 11 is 0. The van der Waals surface area contributed by atoms with E-state index in [0.717, 1.165) is 39.3 Å². The van der Waals surface area contributed by atoms with Gasteiger partial charge in [0.2, 0.25) is 0 Å². The summed E-state index contributed by atoms with van der Waals surface area (Å²) in [6, 6.07) is 9.91. The number of morpholine rings is 1. The Kier molecular flexibility index (Phi) is 9.56. The van der Waals surface area contributed by atoms with Crippen LogP contribution in [0.1, 0.15) is 11.1 Å². The predicted molar refractivity (Wildman–Crippen MR) is 84.6 cm³/mol. The first kappa shape index (κ1) is 19.2. The van der Waals surface area contributed by atoms with Gasteiger partial charge in [0, 0.05) is 25.7 Å². The summed E-state index contributed by atoms with van der Waals surface area (Å²) in [7, 11) is 0. The average Bonchev–Trinajstić information content (AvgIpc) is 2.40. The minimum absolute atomic E-state index is 0. The second-order valence-corrected chi connectivity index (χ2v) is 4.69. The minimum Gasteiger partial charge on any atom is -0.379 e. The van der Waals surface area contributed by atoms with E-state index in [1.54, 1.807) is 0 Å². The lowest BCUT2D eigenvalue weighted by atomic mass is 10.0. The predicted octanol–water partition coefficient (Wildman–Crippen LogP) is 1.60. The summed E-state index contributed by atoms with van der Waals surface area (Å²) in [5.41, 5.74) is 8.04. The molecule has 0 spiro atoms. The highest BCUT2D eigenvalue weighted by atomic mass is 35.5. The van der Waals surface area contributed by atoms with Gasteiger partial charge < -0.3 is 10.5 Å². The number of hydrogen-bond acceptors (Lipinski definition) is 4. The van der Waals surface area contributed by atoms with Crippen LogP contribution in [0.15, 0.2) is 24.3 Å². The third-order valence-electron chi connectivity index (χ3n) is 3.18. The maximum absolute atomic E-state index is 8.73. The van der Waals surface area contributed by atoms with E-state index in [9.17, 15) is 0 Å². The van der Waals surface area contributed by atoms with Gasteiger partial charge in [0.05, 0.1) is 24.8 Å². The van der Waals surface area contributed by atoms with Gasteiger partial charge >= 0.3 is 0 Å². The topological polar surface area (TPSA) is 62.3 Å². The Morgan fingerprint density at radius 1 is 1.20 bits per heavy atom. The SMILES string of the molecule is Cl.Cl.N#Cc1ccc(CC(N)CN2CCOCC2)cc1. The van der Waals surface area contributed by atoms with Crippen LogP contribution in [0.3, 0.4) is 0 Å². The molecule has 2 N–H and O–H groups in total. The summed E-state index contributed by atoms with van der Waals surface area (Å²) in [5.74, 6) is 0. The molecule has 112 valence electrons. The van der Waals surface area contributed by atoms with E-state index in [1.807, 2.05) is 24.3 Å².